The Balaban J connectivity index is 1.62. The van der Waals surface area contributed by atoms with Crippen molar-refractivity contribution in [3.8, 4) is 0 Å². The summed E-state index contributed by atoms with van der Waals surface area (Å²) in [6.45, 7) is 5.22. The molecule has 0 bridgehead atoms. The van der Waals surface area contributed by atoms with E-state index in [0.29, 0.717) is 16.6 Å². The van der Waals surface area contributed by atoms with Crippen LogP contribution in [0.2, 0.25) is 0 Å². The van der Waals surface area contributed by atoms with Gasteiger partial charge in [-0.15, -0.1) is 11.3 Å². The summed E-state index contributed by atoms with van der Waals surface area (Å²) in [6.07, 6.45) is 1.05. The van der Waals surface area contributed by atoms with Crippen molar-refractivity contribution in [3.05, 3.63) is 16.3 Å². The number of hydrogen-bond donors (Lipinski definition) is 1. The Bertz CT molecular complexity index is 456. The monoisotopic (exact) mass is 281 g/mol. The van der Waals surface area contributed by atoms with Crippen molar-refractivity contribution in [1.29, 1.82) is 0 Å². The molecule has 1 atom stereocenters. The van der Waals surface area contributed by atoms with Gasteiger partial charge in [-0.25, -0.2) is 0 Å². The minimum absolute atomic E-state index is 0.0864. The van der Waals surface area contributed by atoms with Gasteiger partial charge in [0.1, 0.15) is 4.88 Å². The molecule has 5 nitrogen and oxygen atoms in total. The Hall–Kier alpha value is -1.11. The van der Waals surface area contributed by atoms with Crippen molar-refractivity contribution in [2.45, 2.75) is 12.5 Å². The first-order valence-electron chi connectivity index (χ1n) is 6.70. The summed E-state index contributed by atoms with van der Waals surface area (Å²) < 4.78 is 5.37. The summed E-state index contributed by atoms with van der Waals surface area (Å²) in [4.78, 5) is 17.4. The van der Waals surface area contributed by atoms with Gasteiger partial charge in [-0.1, -0.05) is 0 Å². The quantitative estimate of drug-likeness (QED) is 0.874. The molecule has 3 rings (SSSR count). The Kier molecular flexibility index (Phi) is 3.72. The van der Waals surface area contributed by atoms with Crippen LogP contribution in [0.15, 0.2) is 11.4 Å². The zero-order valence-electron chi connectivity index (χ0n) is 10.9. The lowest BCUT2D eigenvalue weighted by Crippen LogP contribution is -2.45. The molecule has 2 aliphatic rings. The lowest BCUT2D eigenvalue weighted by molar-refractivity contribution is 0.0185. The van der Waals surface area contributed by atoms with E-state index < -0.39 is 0 Å². The molecule has 1 amide bonds. The maximum absolute atomic E-state index is 12.4. The number of morpholine rings is 1. The molecule has 0 radical (unpaired) electrons. The van der Waals surface area contributed by atoms with Gasteiger partial charge in [0.2, 0.25) is 0 Å². The normalized spacial score (nSPS) is 24.8. The van der Waals surface area contributed by atoms with Gasteiger partial charge in [0.15, 0.2) is 0 Å². The van der Waals surface area contributed by atoms with Crippen LogP contribution >= 0.6 is 11.3 Å². The van der Waals surface area contributed by atoms with Crippen molar-refractivity contribution in [3.63, 3.8) is 0 Å². The van der Waals surface area contributed by atoms with Crippen LogP contribution in [0.4, 0.5) is 5.69 Å². The molecule has 0 saturated carbocycles. The highest BCUT2D eigenvalue weighted by Gasteiger charge is 2.32. The molecule has 0 spiro atoms. The summed E-state index contributed by atoms with van der Waals surface area (Å²) in [6, 6.07) is 2.28. The van der Waals surface area contributed by atoms with Gasteiger partial charge in [-0.05, 0) is 17.9 Å². The van der Waals surface area contributed by atoms with E-state index >= 15 is 0 Å². The third-order valence-corrected chi connectivity index (χ3v) is 4.82. The molecule has 104 valence electrons. The molecule has 2 aliphatic heterocycles. The first-order valence-corrected chi connectivity index (χ1v) is 7.57. The summed E-state index contributed by atoms with van der Waals surface area (Å²) >= 11 is 1.43. The maximum Gasteiger partial charge on any atom is 0.266 e. The van der Waals surface area contributed by atoms with Gasteiger partial charge in [0, 0.05) is 32.2 Å². The van der Waals surface area contributed by atoms with Crippen molar-refractivity contribution in [2.75, 3.05) is 45.1 Å². The highest BCUT2D eigenvalue weighted by Crippen LogP contribution is 2.24. The molecular weight excluding hydrogens is 262 g/mol. The number of rotatable bonds is 2. The van der Waals surface area contributed by atoms with Crippen molar-refractivity contribution >= 4 is 22.9 Å². The van der Waals surface area contributed by atoms with Gasteiger partial charge in [-0.2, -0.15) is 0 Å². The van der Waals surface area contributed by atoms with Crippen LogP contribution in [0.5, 0.6) is 0 Å². The second-order valence-electron chi connectivity index (χ2n) is 5.05. The van der Waals surface area contributed by atoms with Crippen LogP contribution in [0.3, 0.4) is 0 Å². The zero-order chi connectivity index (χ0) is 13.2. The molecular formula is C13H19N3O2S. The molecule has 1 aromatic rings. The van der Waals surface area contributed by atoms with Crippen LogP contribution in [-0.4, -0.2) is 61.1 Å². The molecule has 2 N–H and O–H groups in total. The van der Waals surface area contributed by atoms with E-state index in [1.54, 1.807) is 6.07 Å². The third kappa shape index (κ3) is 2.61. The van der Waals surface area contributed by atoms with E-state index in [2.05, 4.69) is 4.90 Å². The fourth-order valence-corrected chi connectivity index (χ4v) is 3.59. The lowest BCUT2D eigenvalue weighted by atomic mass is 10.2. The molecule has 1 unspecified atom stereocenters. The van der Waals surface area contributed by atoms with Gasteiger partial charge in [0.25, 0.3) is 5.91 Å². The second kappa shape index (κ2) is 5.48. The first kappa shape index (κ1) is 12.9. The highest BCUT2D eigenvalue weighted by molar-refractivity contribution is 7.12. The number of nitrogens with two attached hydrogens (primary N) is 1. The number of likely N-dealkylation sites (tertiary alicyclic amines) is 1. The minimum Gasteiger partial charge on any atom is -0.397 e. The minimum atomic E-state index is 0.0864. The summed E-state index contributed by atoms with van der Waals surface area (Å²) in [5.41, 5.74) is 6.42. The zero-order valence-corrected chi connectivity index (χ0v) is 11.7. The van der Waals surface area contributed by atoms with Crippen LogP contribution in [-0.2, 0) is 4.74 Å². The number of hydrogen-bond acceptors (Lipinski definition) is 5. The molecule has 1 aromatic heterocycles. The largest absolute Gasteiger partial charge is 0.397 e. The number of carbonyl (C=O) groups is 1. The topological polar surface area (TPSA) is 58.8 Å². The Labute approximate surface area is 116 Å². The molecule has 19 heavy (non-hydrogen) atoms. The molecule has 2 fully saturated rings. The number of thiophene rings is 1. The molecule has 2 saturated heterocycles. The highest BCUT2D eigenvalue weighted by atomic mass is 32.1. The standard InChI is InChI=1S/C13H19N3O2S/c14-11-2-8-19-12(11)13(17)16-3-1-10(9-16)15-4-6-18-7-5-15/h2,8,10H,1,3-7,9,14H2. The molecule has 0 aromatic carbocycles. The maximum atomic E-state index is 12.4. The van der Waals surface area contributed by atoms with Crippen molar-refractivity contribution in [1.82, 2.24) is 9.80 Å². The smallest absolute Gasteiger partial charge is 0.266 e. The Morgan fingerprint density at radius 2 is 2.16 bits per heavy atom. The molecule has 6 heteroatoms. The van der Waals surface area contributed by atoms with E-state index in [-0.39, 0.29) is 5.91 Å². The van der Waals surface area contributed by atoms with Gasteiger partial charge >= 0.3 is 0 Å². The molecule has 3 heterocycles. The number of nitrogens with zero attached hydrogens (tertiary/aromatic N) is 2. The Morgan fingerprint density at radius 1 is 1.37 bits per heavy atom. The van der Waals surface area contributed by atoms with E-state index in [1.807, 2.05) is 10.3 Å². The fourth-order valence-electron chi connectivity index (χ4n) is 2.80. The second-order valence-corrected chi connectivity index (χ2v) is 5.96. The third-order valence-electron chi connectivity index (χ3n) is 3.90. The van der Waals surface area contributed by atoms with E-state index in [4.69, 9.17) is 10.5 Å². The number of carbonyl (C=O) groups excluding carboxylic acids is 1. The predicted octanol–water partition coefficient (Wildman–Crippen LogP) is 0.877. The van der Waals surface area contributed by atoms with E-state index in [9.17, 15) is 4.79 Å². The van der Waals surface area contributed by atoms with Crippen molar-refractivity contribution in [2.24, 2.45) is 0 Å². The number of nitrogen functional groups attached to an aromatic ring is 1. The summed E-state index contributed by atoms with van der Waals surface area (Å²) in [5.74, 6) is 0.0864. The van der Waals surface area contributed by atoms with Gasteiger partial charge in [0.05, 0.1) is 18.9 Å². The van der Waals surface area contributed by atoms with Gasteiger partial charge in [-0.3, -0.25) is 9.69 Å². The first-order chi connectivity index (χ1) is 9.25. The lowest BCUT2D eigenvalue weighted by Gasteiger charge is -2.32. The van der Waals surface area contributed by atoms with E-state index in [1.165, 1.54) is 11.3 Å². The number of ether oxygens (including phenoxy) is 1. The number of amides is 1. The van der Waals surface area contributed by atoms with Crippen LogP contribution in [0.1, 0.15) is 16.1 Å². The van der Waals surface area contributed by atoms with E-state index in [0.717, 1.165) is 45.8 Å². The average Bonchev–Trinajstić information content (AvgIpc) is 3.08. The average molecular weight is 281 g/mol. The number of anilines is 1. The molecule has 0 aliphatic carbocycles. The van der Waals surface area contributed by atoms with Crippen LogP contribution in [0.25, 0.3) is 0 Å². The summed E-state index contributed by atoms with van der Waals surface area (Å²) in [7, 11) is 0. The Morgan fingerprint density at radius 3 is 2.84 bits per heavy atom. The van der Waals surface area contributed by atoms with Crippen molar-refractivity contribution < 1.29 is 9.53 Å². The van der Waals surface area contributed by atoms with Crippen LogP contribution in [0, 0.1) is 0 Å². The summed E-state index contributed by atoms with van der Waals surface area (Å²) in [5, 5.41) is 1.87. The fraction of sp³-hybridized carbons (Fsp3) is 0.615. The van der Waals surface area contributed by atoms with Gasteiger partial charge < -0.3 is 15.4 Å². The SMILES string of the molecule is Nc1ccsc1C(=O)N1CCC(N2CCOCC2)C1. The van der Waals surface area contributed by atoms with Crippen LogP contribution < -0.4 is 5.73 Å². The predicted molar refractivity (Wildman–Crippen MR) is 75.4 cm³/mol.